The Kier molecular flexibility index (Phi) is 4.10. The molecule has 0 aliphatic carbocycles. The summed E-state index contributed by atoms with van der Waals surface area (Å²) < 4.78 is 10.6. The molecule has 2 N–H and O–H groups in total. The number of anilines is 1. The molecule has 2 rings (SSSR count). The van der Waals surface area contributed by atoms with E-state index in [1.807, 2.05) is 24.3 Å². The summed E-state index contributed by atoms with van der Waals surface area (Å²) in [6, 6.07) is 7.49. The summed E-state index contributed by atoms with van der Waals surface area (Å²) in [6.45, 7) is 2.86. The molecule has 2 aromatic rings. The molecule has 18 heavy (non-hydrogen) atoms. The van der Waals surface area contributed by atoms with Crippen LogP contribution in [0, 0.1) is 0 Å². The fraction of sp³-hybridized carbons (Fsp3) is 0.308. The predicted molar refractivity (Wildman–Crippen MR) is 71.8 cm³/mol. The van der Waals surface area contributed by atoms with Crippen molar-refractivity contribution < 1.29 is 9.26 Å². The normalized spacial score (nSPS) is 10.6. The van der Waals surface area contributed by atoms with E-state index in [0.29, 0.717) is 10.8 Å². The van der Waals surface area contributed by atoms with Crippen LogP contribution in [-0.2, 0) is 0 Å². The lowest BCUT2D eigenvalue weighted by molar-refractivity contribution is 0.309. The third-order valence-electron chi connectivity index (χ3n) is 2.54. The summed E-state index contributed by atoms with van der Waals surface area (Å²) >= 11 is 5.97. The molecule has 0 atom stereocenters. The summed E-state index contributed by atoms with van der Waals surface area (Å²) in [5, 5.41) is 3.96. The van der Waals surface area contributed by atoms with E-state index in [0.717, 1.165) is 30.8 Å². The molecule has 0 aliphatic heterocycles. The number of nitrogen functional groups attached to an aromatic ring is 1. The molecule has 1 aromatic carbocycles. The Morgan fingerprint density at radius 1 is 1.33 bits per heavy atom. The zero-order chi connectivity index (χ0) is 13.0. The molecule has 0 saturated heterocycles. The number of halogens is 1. The Morgan fingerprint density at radius 3 is 2.61 bits per heavy atom. The molecule has 1 aromatic heterocycles. The predicted octanol–water partition coefficient (Wildman–Crippen LogP) is 3.76. The maximum absolute atomic E-state index is 5.97. The van der Waals surface area contributed by atoms with E-state index in [4.69, 9.17) is 26.6 Å². The van der Waals surface area contributed by atoms with E-state index in [1.165, 1.54) is 0 Å². The molecular weight excluding hydrogens is 252 g/mol. The molecule has 0 spiro atoms. The second kappa shape index (κ2) is 5.78. The Balaban J connectivity index is 2.10. The standard InChI is InChI=1S/C13H15ClN2O2/c1-2-3-8-17-10-6-4-9(5-7-10)12-11(14)13(15)16-18-12/h4-7H,2-3,8H2,1H3,(H2,15,16). The van der Waals surface area contributed by atoms with Gasteiger partial charge in [0, 0.05) is 5.56 Å². The van der Waals surface area contributed by atoms with Crippen molar-refractivity contribution in [3.05, 3.63) is 29.3 Å². The van der Waals surface area contributed by atoms with Gasteiger partial charge < -0.3 is 15.0 Å². The summed E-state index contributed by atoms with van der Waals surface area (Å²) in [4.78, 5) is 0. The zero-order valence-corrected chi connectivity index (χ0v) is 10.9. The number of rotatable bonds is 5. The maximum Gasteiger partial charge on any atom is 0.187 e. The van der Waals surface area contributed by atoms with Crippen molar-refractivity contribution in [2.45, 2.75) is 19.8 Å². The molecular formula is C13H15ClN2O2. The molecule has 5 heteroatoms. The van der Waals surface area contributed by atoms with Crippen molar-refractivity contribution in [2.75, 3.05) is 12.3 Å². The summed E-state index contributed by atoms with van der Waals surface area (Å²) in [6.07, 6.45) is 2.16. The van der Waals surface area contributed by atoms with Crippen LogP contribution < -0.4 is 10.5 Å². The lowest BCUT2D eigenvalue weighted by Gasteiger charge is -2.05. The number of nitrogens with two attached hydrogens (primary N) is 1. The van der Waals surface area contributed by atoms with Gasteiger partial charge in [0.05, 0.1) is 6.61 Å². The Bertz CT molecular complexity index is 508. The average Bonchev–Trinajstić information content (AvgIpc) is 2.72. The van der Waals surface area contributed by atoms with Gasteiger partial charge in [0.15, 0.2) is 11.6 Å². The quantitative estimate of drug-likeness (QED) is 0.837. The third kappa shape index (κ3) is 2.76. The van der Waals surface area contributed by atoms with Crippen molar-refractivity contribution >= 4 is 17.4 Å². The zero-order valence-electron chi connectivity index (χ0n) is 10.1. The molecule has 0 unspecified atom stereocenters. The van der Waals surface area contributed by atoms with Crippen molar-refractivity contribution in [1.82, 2.24) is 5.16 Å². The van der Waals surface area contributed by atoms with Gasteiger partial charge in [-0.3, -0.25) is 0 Å². The highest BCUT2D eigenvalue weighted by atomic mass is 35.5. The number of benzene rings is 1. The molecule has 0 bridgehead atoms. The van der Waals surface area contributed by atoms with Crippen LogP contribution in [0.25, 0.3) is 11.3 Å². The lowest BCUT2D eigenvalue weighted by Crippen LogP contribution is -1.95. The van der Waals surface area contributed by atoms with Gasteiger partial charge >= 0.3 is 0 Å². The fourth-order valence-electron chi connectivity index (χ4n) is 1.51. The van der Waals surface area contributed by atoms with Crippen LogP contribution in [0.5, 0.6) is 5.75 Å². The van der Waals surface area contributed by atoms with Crippen LogP contribution in [0.2, 0.25) is 5.02 Å². The summed E-state index contributed by atoms with van der Waals surface area (Å²) in [5.41, 5.74) is 6.35. The first kappa shape index (κ1) is 12.8. The Labute approximate surface area is 111 Å². The van der Waals surface area contributed by atoms with E-state index >= 15 is 0 Å². The summed E-state index contributed by atoms with van der Waals surface area (Å²) in [7, 11) is 0. The van der Waals surface area contributed by atoms with Crippen LogP contribution in [0.15, 0.2) is 28.8 Å². The number of ether oxygens (including phenoxy) is 1. The second-order valence-corrected chi connectivity index (χ2v) is 4.32. The topological polar surface area (TPSA) is 61.3 Å². The van der Waals surface area contributed by atoms with Gasteiger partial charge in [-0.05, 0) is 30.7 Å². The average molecular weight is 267 g/mol. The second-order valence-electron chi connectivity index (χ2n) is 3.94. The molecule has 1 heterocycles. The molecule has 0 amide bonds. The van der Waals surface area contributed by atoms with Gasteiger partial charge in [-0.1, -0.05) is 30.1 Å². The minimum Gasteiger partial charge on any atom is -0.494 e. The van der Waals surface area contributed by atoms with Gasteiger partial charge in [-0.2, -0.15) is 0 Å². The molecule has 0 aliphatic rings. The Morgan fingerprint density at radius 2 is 2.06 bits per heavy atom. The van der Waals surface area contributed by atoms with Gasteiger partial charge in [0.2, 0.25) is 0 Å². The van der Waals surface area contributed by atoms with Crippen LogP contribution in [0.3, 0.4) is 0 Å². The monoisotopic (exact) mass is 266 g/mol. The van der Waals surface area contributed by atoms with Crippen molar-refractivity contribution in [3.63, 3.8) is 0 Å². The van der Waals surface area contributed by atoms with Gasteiger partial charge in [0.1, 0.15) is 10.8 Å². The molecule has 96 valence electrons. The van der Waals surface area contributed by atoms with E-state index < -0.39 is 0 Å². The molecule has 0 radical (unpaired) electrons. The first-order valence-electron chi connectivity index (χ1n) is 5.86. The highest BCUT2D eigenvalue weighted by Crippen LogP contribution is 2.32. The van der Waals surface area contributed by atoms with Crippen LogP contribution in [0.1, 0.15) is 19.8 Å². The first-order valence-corrected chi connectivity index (χ1v) is 6.24. The smallest absolute Gasteiger partial charge is 0.187 e. The van der Waals surface area contributed by atoms with Crippen molar-refractivity contribution in [1.29, 1.82) is 0 Å². The van der Waals surface area contributed by atoms with E-state index in [9.17, 15) is 0 Å². The number of unbranched alkanes of at least 4 members (excludes halogenated alkanes) is 1. The highest BCUT2D eigenvalue weighted by Gasteiger charge is 2.13. The van der Waals surface area contributed by atoms with E-state index in [2.05, 4.69) is 12.1 Å². The third-order valence-corrected chi connectivity index (χ3v) is 2.91. The van der Waals surface area contributed by atoms with Crippen molar-refractivity contribution in [2.24, 2.45) is 0 Å². The first-order chi connectivity index (χ1) is 8.72. The Hall–Kier alpha value is -1.68. The largest absolute Gasteiger partial charge is 0.494 e. The number of hydrogen-bond donors (Lipinski definition) is 1. The SMILES string of the molecule is CCCCOc1ccc(-c2onc(N)c2Cl)cc1. The van der Waals surface area contributed by atoms with Crippen LogP contribution in [0.4, 0.5) is 5.82 Å². The van der Waals surface area contributed by atoms with E-state index in [-0.39, 0.29) is 5.82 Å². The number of hydrogen-bond acceptors (Lipinski definition) is 4. The summed E-state index contributed by atoms with van der Waals surface area (Å²) in [5.74, 6) is 1.51. The molecule has 0 fully saturated rings. The highest BCUT2D eigenvalue weighted by molar-refractivity contribution is 6.35. The van der Waals surface area contributed by atoms with E-state index in [1.54, 1.807) is 0 Å². The maximum atomic E-state index is 5.97. The minimum absolute atomic E-state index is 0.204. The van der Waals surface area contributed by atoms with Crippen molar-refractivity contribution in [3.8, 4) is 17.1 Å². The number of aromatic nitrogens is 1. The lowest BCUT2D eigenvalue weighted by atomic mass is 10.1. The molecule has 0 saturated carbocycles. The van der Waals surface area contributed by atoms with Crippen LogP contribution >= 0.6 is 11.6 Å². The minimum atomic E-state index is 0.204. The van der Waals surface area contributed by atoms with Gasteiger partial charge in [0.25, 0.3) is 0 Å². The van der Waals surface area contributed by atoms with Gasteiger partial charge in [-0.15, -0.1) is 0 Å². The van der Waals surface area contributed by atoms with Crippen LogP contribution in [-0.4, -0.2) is 11.8 Å². The van der Waals surface area contributed by atoms with Gasteiger partial charge in [-0.25, -0.2) is 0 Å². The number of nitrogens with zero attached hydrogens (tertiary/aromatic N) is 1. The molecule has 4 nitrogen and oxygen atoms in total. The fourth-order valence-corrected chi connectivity index (χ4v) is 1.69.